The first-order valence-electron chi connectivity index (χ1n) is 9.03. The van der Waals surface area contributed by atoms with E-state index in [1.807, 2.05) is 0 Å². The summed E-state index contributed by atoms with van der Waals surface area (Å²) in [5.74, 6) is 1.72. The zero-order valence-electron chi connectivity index (χ0n) is 15.8. The molecule has 0 spiro atoms. The molecule has 4 heterocycles. The molecule has 0 radical (unpaired) electrons. The van der Waals surface area contributed by atoms with Crippen LogP contribution < -0.4 is 20.1 Å². The van der Waals surface area contributed by atoms with Crippen LogP contribution in [0.15, 0.2) is 23.5 Å². The molecular weight excluding hydrogens is 358 g/mol. The van der Waals surface area contributed by atoms with Gasteiger partial charge in [0.1, 0.15) is 17.3 Å². The number of anilines is 1. The van der Waals surface area contributed by atoms with Crippen molar-refractivity contribution in [3.8, 4) is 11.6 Å². The van der Waals surface area contributed by atoms with Crippen LogP contribution in [0.2, 0.25) is 0 Å². The Balaban J connectivity index is 1.54. The number of rotatable bonds is 3. The van der Waals surface area contributed by atoms with Gasteiger partial charge in [0, 0.05) is 24.8 Å². The van der Waals surface area contributed by atoms with Gasteiger partial charge in [-0.15, -0.1) is 0 Å². The Bertz CT molecular complexity index is 971. The molecule has 0 aromatic carbocycles. The Morgan fingerprint density at radius 2 is 2.07 bits per heavy atom. The van der Waals surface area contributed by atoms with Gasteiger partial charge >= 0.3 is 0 Å². The molecule has 1 fully saturated rings. The van der Waals surface area contributed by atoms with Gasteiger partial charge in [0.15, 0.2) is 0 Å². The van der Waals surface area contributed by atoms with E-state index >= 15 is 0 Å². The number of nitrogens with two attached hydrogens (primary N) is 1. The number of fused-ring (bicyclic) bond motifs is 1. The molecule has 2 aliphatic heterocycles. The lowest BCUT2D eigenvalue weighted by atomic mass is 9.91. The van der Waals surface area contributed by atoms with E-state index in [4.69, 9.17) is 26.8 Å². The SMILES string of the molecule is [C-]#[N+]c1c(OC2=NCc3nc(N4CCC(C)(N)CC4)cnc32)ccnc1OC. The minimum Gasteiger partial charge on any atom is -0.490 e. The van der Waals surface area contributed by atoms with Crippen LogP contribution in [-0.2, 0) is 6.54 Å². The number of hydrogen-bond donors (Lipinski definition) is 1. The molecular formula is C19H21N7O2. The molecule has 0 bridgehead atoms. The fraction of sp³-hybridized carbons (Fsp3) is 0.421. The summed E-state index contributed by atoms with van der Waals surface area (Å²) in [5.41, 5.74) is 7.65. The molecule has 0 atom stereocenters. The van der Waals surface area contributed by atoms with Crippen LogP contribution in [0.5, 0.6) is 11.6 Å². The number of methoxy groups -OCH3 is 1. The Labute approximate surface area is 163 Å². The van der Waals surface area contributed by atoms with Crippen LogP contribution in [0, 0.1) is 6.57 Å². The van der Waals surface area contributed by atoms with Crippen LogP contribution in [0.25, 0.3) is 4.85 Å². The number of pyridine rings is 1. The second-order valence-electron chi connectivity index (χ2n) is 7.17. The summed E-state index contributed by atoms with van der Waals surface area (Å²) in [5, 5.41) is 0. The van der Waals surface area contributed by atoms with Crippen molar-refractivity contribution in [1.29, 1.82) is 0 Å². The fourth-order valence-electron chi connectivity index (χ4n) is 3.26. The normalized spacial score (nSPS) is 17.5. The molecule has 0 amide bonds. The van der Waals surface area contributed by atoms with Crippen molar-refractivity contribution in [3.05, 3.63) is 41.3 Å². The highest BCUT2D eigenvalue weighted by Crippen LogP contribution is 2.36. The summed E-state index contributed by atoms with van der Waals surface area (Å²) < 4.78 is 11.0. The average Bonchev–Trinajstić information content (AvgIpc) is 3.09. The Kier molecular flexibility index (Phi) is 4.57. The molecule has 4 rings (SSSR count). The molecule has 0 saturated carbocycles. The van der Waals surface area contributed by atoms with E-state index in [0.717, 1.165) is 37.4 Å². The monoisotopic (exact) mass is 379 g/mol. The van der Waals surface area contributed by atoms with Crippen molar-refractivity contribution in [2.45, 2.75) is 31.8 Å². The van der Waals surface area contributed by atoms with Crippen molar-refractivity contribution in [2.24, 2.45) is 10.7 Å². The highest BCUT2D eigenvalue weighted by atomic mass is 16.5. The lowest BCUT2D eigenvalue weighted by Gasteiger charge is -2.37. The maximum absolute atomic E-state index is 7.36. The molecule has 0 aliphatic carbocycles. The van der Waals surface area contributed by atoms with E-state index in [-0.39, 0.29) is 17.1 Å². The lowest BCUT2D eigenvalue weighted by Crippen LogP contribution is -2.48. The molecule has 2 aromatic heterocycles. The van der Waals surface area contributed by atoms with Crippen LogP contribution >= 0.6 is 0 Å². The van der Waals surface area contributed by atoms with E-state index < -0.39 is 0 Å². The van der Waals surface area contributed by atoms with Gasteiger partial charge in [0.2, 0.25) is 11.8 Å². The van der Waals surface area contributed by atoms with Gasteiger partial charge in [-0.1, -0.05) is 0 Å². The quantitative estimate of drug-likeness (QED) is 0.815. The molecule has 2 N–H and O–H groups in total. The topological polar surface area (TPSA) is 103 Å². The summed E-state index contributed by atoms with van der Waals surface area (Å²) >= 11 is 0. The van der Waals surface area contributed by atoms with E-state index in [1.54, 1.807) is 12.3 Å². The minimum absolute atomic E-state index is 0.114. The van der Waals surface area contributed by atoms with Gasteiger partial charge in [0.25, 0.3) is 5.69 Å². The number of ether oxygens (including phenoxy) is 2. The highest BCUT2D eigenvalue weighted by molar-refractivity contribution is 5.97. The molecule has 2 aromatic rings. The number of aliphatic imine (C=N–C) groups is 1. The number of piperidine rings is 1. The van der Waals surface area contributed by atoms with Gasteiger partial charge in [-0.05, 0) is 25.8 Å². The Morgan fingerprint density at radius 1 is 1.29 bits per heavy atom. The van der Waals surface area contributed by atoms with E-state index in [1.165, 1.54) is 13.3 Å². The third-order valence-electron chi connectivity index (χ3n) is 5.00. The second-order valence-corrected chi connectivity index (χ2v) is 7.17. The molecule has 2 aliphatic rings. The Hall–Kier alpha value is -3.25. The number of hydrogen-bond acceptors (Lipinski definition) is 8. The maximum Gasteiger partial charge on any atom is 0.288 e. The third-order valence-corrected chi connectivity index (χ3v) is 5.00. The molecule has 0 unspecified atom stereocenters. The lowest BCUT2D eigenvalue weighted by molar-refractivity contribution is 0.363. The Morgan fingerprint density at radius 3 is 2.79 bits per heavy atom. The van der Waals surface area contributed by atoms with Crippen molar-refractivity contribution in [2.75, 3.05) is 25.1 Å². The largest absolute Gasteiger partial charge is 0.490 e. The van der Waals surface area contributed by atoms with Crippen LogP contribution in [0.3, 0.4) is 0 Å². The first-order valence-corrected chi connectivity index (χ1v) is 9.03. The second kappa shape index (κ2) is 7.05. The van der Waals surface area contributed by atoms with Gasteiger partial charge in [-0.3, -0.25) is 0 Å². The van der Waals surface area contributed by atoms with E-state index in [9.17, 15) is 0 Å². The molecule has 9 nitrogen and oxygen atoms in total. The first-order chi connectivity index (χ1) is 13.5. The number of nitrogens with zero attached hydrogens (tertiary/aromatic N) is 6. The molecule has 144 valence electrons. The van der Waals surface area contributed by atoms with Gasteiger partial charge in [-0.25, -0.2) is 24.8 Å². The molecule has 1 saturated heterocycles. The third kappa shape index (κ3) is 3.34. The first kappa shape index (κ1) is 18.1. The maximum atomic E-state index is 7.36. The van der Waals surface area contributed by atoms with Gasteiger partial charge in [0.05, 0.1) is 32.1 Å². The summed E-state index contributed by atoms with van der Waals surface area (Å²) in [4.78, 5) is 23.3. The van der Waals surface area contributed by atoms with Crippen LogP contribution in [0.1, 0.15) is 31.2 Å². The van der Waals surface area contributed by atoms with Crippen molar-refractivity contribution in [1.82, 2.24) is 15.0 Å². The summed E-state index contributed by atoms with van der Waals surface area (Å²) in [6.07, 6.45) is 5.10. The van der Waals surface area contributed by atoms with Crippen molar-refractivity contribution in [3.63, 3.8) is 0 Å². The number of aromatic nitrogens is 3. The predicted molar refractivity (Wildman–Crippen MR) is 104 cm³/mol. The standard InChI is InChI=1S/C19H21N7O2/c1-19(20)5-8-26(9-6-19)14-11-23-15-12(25-14)10-24-18(15)28-13-4-7-22-17(27-3)16(13)21-2/h4,7,11H,5-6,8-10,20H2,1,3H3. The van der Waals surface area contributed by atoms with E-state index in [0.29, 0.717) is 23.9 Å². The average molecular weight is 379 g/mol. The summed E-state index contributed by atoms with van der Waals surface area (Å²) in [6, 6.07) is 1.61. The van der Waals surface area contributed by atoms with Crippen LogP contribution in [0.4, 0.5) is 11.5 Å². The summed E-state index contributed by atoms with van der Waals surface area (Å²) in [7, 11) is 1.46. The zero-order valence-corrected chi connectivity index (χ0v) is 15.8. The highest BCUT2D eigenvalue weighted by Gasteiger charge is 2.29. The summed E-state index contributed by atoms with van der Waals surface area (Å²) in [6.45, 7) is 11.6. The molecule has 28 heavy (non-hydrogen) atoms. The van der Waals surface area contributed by atoms with Crippen LogP contribution in [-0.4, -0.2) is 46.6 Å². The van der Waals surface area contributed by atoms with E-state index in [2.05, 4.69) is 31.6 Å². The smallest absolute Gasteiger partial charge is 0.288 e. The zero-order chi connectivity index (χ0) is 19.7. The van der Waals surface area contributed by atoms with Gasteiger partial charge in [-0.2, -0.15) is 0 Å². The minimum atomic E-state index is -0.114. The van der Waals surface area contributed by atoms with Gasteiger partial charge < -0.3 is 20.1 Å². The fourth-order valence-corrected chi connectivity index (χ4v) is 3.26. The molecule has 9 heteroatoms. The predicted octanol–water partition coefficient (Wildman–Crippen LogP) is 2.09. The van der Waals surface area contributed by atoms with Crippen molar-refractivity contribution >= 4 is 17.4 Å². The van der Waals surface area contributed by atoms with Crippen molar-refractivity contribution < 1.29 is 9.47 Å².